The van der Waals surface area contributed by atoms with Crippen molar-refractivity contribution in [3.8, 4) is 0 Å². The smallest absolute Gasteiger partial charge is 0.257 e. The first-order valence-electron chi connectivity index (χ1n) is 11.0. The van der Waals surface area contributed by atoms with Gasteiger partial charge in [-0.25, -0.2) is 0 Å². The monoisotopic (exact) mass is 463 g/mol. The van der Waals surface area contributed by atoms with Gasteiger partial charge in [0.2, 0.25) is 0 Å². The van der Waals surface area contributed by atoms with Crippen molar-refractivity contribution in [2.45, 2.75) is 19.3 Å². The van der Waals surface area contributed by atoms with E-state index in [1.54, 1.807) is 30.3 Å². The minimum Gasteiger partial charge on any atom is -0.371 e. The number of carbonyl (C=O) groups is 2. The number of piperidine rings is 1. The molecule has 3 heterocycles. The molecular weight excluding hydrogens is 438 g/mol. The predicted molar refractivity (Wildman–Crippen MR) is 130 cm³/mol. The SMILES string of the molecule is O=C(NCCC1CCN(c2ccncc2)CC1)c1cncc(NC(=O)c2ccccc2Cl)c1. The zero-order valence-corrected chi connectivity index (χ0v) is 19.0. The average Bonchev–Trinajstić information content (AvgIpc) is 2.85. The van der Waals surface area contributed by atoms with Crippen molar-refractivity contribution in [3.63, 3.8) is 0 Å². The number of anilines is 2. The Hall–Kier alpha value is -3.45. The van der Waals surface area contributed by atoms with E-state index in [9.17, 15) is 9.59 Å². The molecule has 0 aliphatic carbocycles. The first kappa shape index (κ1) is 22.7. The highest BCUT2D eigenvalue weighted by Crippen LogP contribution is 2.24. The lowest BCUT2D eigenvalue weighted by molar-refractivity contribution is 0.0949. The number of nitrogens with zero attached hydrogens (tertiary/aromatic N) is 3. The summed E-state index contributed by atoms with van der Waals surface area (Å²) in [5.41, 5.74) is 2.42. The molecule has 7 nitrogen and oxygen atoms in total. The van der Waals surface area contributed by atoms with E-state index in [2.05, 4.69) is 25.5 Å². The molecule has 33 heavy (non-hydrogen) atoms. The summed E-state index contributed by atoms with van der Waals surface area (Å²) in [5.74, 6) is 0.0337. The van der Waals surface area contributed by atoms with Crippen LogP contribution < -0.4 is 15.5 Å². The van der Waals surface area contributed by atoms with Crippen molar-refractivity contribution >= 4 is 34.8 Å². The average molecular weight is 464 g/mol. The molecule has 0 atom stereocenters. The number of hydrogen-bond donors (Lipinski definition) is 2. The van der Waals surface area contributed by atoms with E-state index >= 15 is 0 Å². The van der Waals surface area contributed by atoms with Gasteiger partial charge < -0.3 is 15.5 Å². The number of carbonyl (C=O) groups excluding carboxylic acids is 2. The van der Waals surface area contributed by atoms with Gasteiger partial charge in [0.15, 0.2) is 0 Å². The topological polar surface area (TPSA) is 87.2 Å². The van der Waals surface area contributed by atoms with Crippen LogP contribution in [0.4, 0.5) is 11.4 Å². The summed E-state index contributed by atoms with van der Waals surface area (Å²) in [6.07, 6.45) is 9.78. The normalized spacial score (nSPS) is 14.0. The Balaban J connectivity index is 1.24. The Morgan fingerprint density at radius 1 is 1.00 bits per heavy atom. The molecule has 0 unspecified atom stereocenters. The van der Waals surface area contributed by atoms with Gasteiger partial charge in [0.25, 0.3) is 11.8 Å². The molecule has 0 spiro atoms. The number of amides is 2. The van der Waals surface area contributed by atoms with Gasteiger partial charge in [-0.05, 0) is 55.5 Å². The van der Waals surface area contributed by atoms with Crippen LogP contribution in [0.15, 0.2) is 67.3 Å². The van der Waals surface area contributed by atoms with E-state index in [-0.39, 0.29) is 11.8 Å². The van der Waals surface area contributed by atoms with E-state index in [4.69, 9.17) is 11.6 Å². The van der Waals surface area contributed by atoms with E-state index < -0.39 is 0 Å². The molecule has 2 aromatic heterocycles. The van der Waals surface area contributed by atoms with E-state index in [0.29, 0.717) is 34.3 Å². The second kappa shape index (κ2) is 10.9. The number of aromatic nitrogens is 2. The van der Waals surface area contributed by atoms with Crippen LogP contribution in [0.5, 0.6) is 0 Å². The summed E-state index contributed by atoms with van der Waals surface area (Å²) in [5, 5.41) is 6.09. The summed E-state index contributed by atoms with van der Waals surface area (Å²) in [4.78, 5) is 35.6. The van der Waals surface area contributed by atoms with Crippen LogP contribution in [-0.4, -0.2) is 41.4 Å². The summed E-state index contributed by atoms with van der Waals surface area (Å²) in [7, 11) is 0. The van der Waals surface area contributed by atoms with Crippen molar-refractivity contribution in [2.75, 3.05) is 29.9 Å². The molecule has 2 N–H and O–H groups in total. The standard InChI is InChI=1S/C25H26ClN5O2/c26-23-4-2-1-3-22(23)25(33)30-20-15-19(16-28-17-20)24(32)29-12-5-18-8-13-31(14-9-18)21-6-10-27-11-7-21/h1-4,6-7,10-11,15-18H,5,8-9,12-14H2,(H,29,32)(H,30,33). The highest BCUT2D eigenvalue weighted by atomic mass is 35.5. The van der Waals surface area contributed by atoms with Gasteiger partial charge in [0, 0.05) is 43.9 Å². The molecule has 1 fully saturated rings. The Morgan fingerprint density at radius 3 is 2.52 bits per heavy atom. The fourth-order valence-corrected chi connectivity index (χ4v) is 4.22. The van der Waals surface area contributed by atoms with Crippen LogP contribution in [0, 0.1) is 5.92 Å². The molecule has 4 rings (SSSR count). The number of nitrogens with one attached hydrogen (secondary N) is 2. The van der Waals surface area contributed by atoms with Crippen molar-refractivity contribution in [1.29, 1.82) is 0 Å². The van der Waals surface area contributed by atoms with Crippen molar-refractivity contribution in [3.05, 3.63) is 83.4 Å². The van der Waals surface area contributed by atoms with Crippen LogP contribution in [-0.2, 0) is 0 Å². The molecule has 8 heteroatoms. The molecule has 0 saturated carbocycles. The minimum absolute atomic E-state index is 0.203. The Kier molecular flexibility index (Phi) is 7.52. The zero-order chi connectivity index (χ0) is 23.0. The first-order chi connectivity index (χ1) is 16.1. The first-order valence-corrected chi connectivity index (χ1v) is 11.4. The minimum atomic E-state index is -0.349. The quantitative estimate of drug-likeness (QED) is 0.541. The van der Waals surface area contributed by atoms with Crippen molar-refractivity contribution < 1.29 is 9.59 Å². The fraction of sp³-hybridized carbons (Fsp3) is 0.280. The second-order valence-corrected chi connectivity index (χ2v) is 8.48. The maximum Gasteiger partial charge on any atom is 0.257 e. The lowest BCUT2D eigenvalue weighted by Crippen LogP contribution is -2.35. The van der Waals surface area contributed by atoms with Gasteiger partial charge in [0.05, 0.1) is 28.0 Å². The van der Waals surface area contributed by atoms with E-state index in [0.717, 1.165) is 32.4 Å². The Morgan fingerprint density at radius 2 is 1.76 bits per heavy atom. The zero-order valence-electron chi connectivity index (χ0n) is 18.2. The molecule has 1 saturated heterocycles. The summed E-state index contributed by atoms with van der Waals surface area (Å²) in [6.45, 7) is 2.63. The highest BCUT2D eigenvalue weighted by molar-refractivity contribution is 6.34. The number of halogens is 1. The van der Waals surface area contributed by atoms with Crippen LogP contribution in [0.3, 0.4) is 0 Å². The second-order valence-electron chi connectivity index (χ2n) is 8.08. The molecule has 0 radical (unpaired) electrons. The van der Waals surface area contributed by atoms with E-state index in [1.165, 1.54) is 18.1 Å². The molecule has 0 bridgehead atoms. The van der Waals surface area contributed by atoms with Crippen molar-refractivity contribution in [2.24, 2.45) is 5.92 Å². The molecule has 170 valence electrons. The molecular formula is C25H26ClN5O2. The lowest BCUT2D eigenvalue weighted by Gasteiger charge is -2.33. The largest absolute Gasteiger partial charge is 0.371 e. The van der Waals surface area contributed by atoms with Gasteiger partial charge >= 0.3 is 0 Å². The predicted octanol–water partition coefficient (Wildman–Crippen LogP) is 4.42. The molecule has 3 aromatic rings. The molecule has 1 aromatic carbocycles. The van der Waals surface area contributed by atoms with Crippen LogP contribution >= 0.6 is 11.6 Å². The van der Waals surface area contributed by atoms with Crippen molar-refractivity contribution in [1.82, 2.24) is 15.3 Å². The Labute approximate surface area is 198 Å². The third-order valence-corrected chi connectivity index (χ3v) is 6.19. The van der Waals surface area contributed by atoms with Gasteiger partial charge in [-0.2, -0.15) is 0 Å². The van der Waals surface area contributed by atoms with Gasteiger partial charge in [0.1, 0.15) is 0 Å². The maximum atomic E-state index is 12.6. The molecule has 2 amide bonds. The number of rotatable bonds is 7. The third-order valence-electron chi connectivity index (χ3n) is 5.86. The highest BCUT2D eigenvalue weighted by Gasteiger charge is 2.19. The third kappa shape index (κ3) is 6.08. The van der Waals surface area contributed by atoms with Gasteiger partial charge in [-0.3, -0.25) is 19.6 Å². The van der Waals surface area contributed by atoms with Gasteiger partial charge in [-0.1, -0.05) is 23.7 Å². The van der Waals surface area contributed by atoms with Crippen LogP contribution in [0.25, 0.3) is 0 Å². The summed E-state index contributed by atoms with van der Waals surface area (Å²) in [6, 6.07) is 12.5. The summed E-state index contributed by atoms with van der Waals surface area (Å²) >= 11 is 6.08. The van der Waals surface area contributed by atoms with E-state index in [1.807, 2.05) is 24.5 Å². The fourth-order valence-electron chi connectivity index (χ4n) is 4.00. The number of pyridine rings is 2. The lowest BCUT2D eigenvalue weighted by atomic mass is 9.93. The van der Waals surface area contributed by atoms with Gasteiger partial charge in [-0.15, -0.1) is 0 Å². The van der Waals surface area contributed by atoms with Crippen LogP contribution in [0.2, 0.25) is 5.02 Å². The Bertz CT molecular complexity index is 1100. The van der Waals surface area contributed by atoms with Crippen LogP contribution in [0.1, 0.15) is 40.0 Å². The summed E-state index contributed by atoms with van der Waals surface area (Å²) < 4.78 is 0. The number of benzene rings is 1. The maximum absolute atomic E-state index is 12.6. The molecule has 1 aliphatic rings. The number of hydrogen-bond acceptors (Lipinski definition) is 5. The molecule has 1 aliphatic heterocycles.